The molecule has 1 aliphatic rings. The Kier molecular flexibility index (Phi) is 6.13. The number of nitrogens with zero attached hydrogens (tertiary/aromatic N) is 4. The zero-order valence-electron chi connectivity index (χ0n) is 16.4. The van der Waals surface area contributed by atoms with Gasteiger partial charge in [0.1, 0.15) is 5.60 Å². The Morgan fingerprint density at radius 1 is 1.31 bits per heavy atom. The largest absolute Gasteiger partial charge is 0.462 e. The molecule has 0 bridgehead atoms. The molecule has 10 nitrogen and oxygen atoms in total. The van der Waals surface area contributed by atoms with Crippen molar-refractivity contribution in [2.75, 3.05) is 18.0 Å². The van der Waals surface area contributed by atoms with Gasteiger partial charge >= 0.3 is 0 Å². The van der Waals surface area contributed by atoms with Crippen molar-refractivity contribution in [3.63, 3.8) is 0 Å². The van der Waals surface area contributed by atoms with E-state index in [2.05, 4.69) is 20.3 Å². The maximum atomic E-state index is 11.4. The second-order valence-electron chi connectivity index (χ2n) is 7.32. The molecule has 154 valence electrons. The van der Waals surface area contributed by atoms with Gasteiger partial charge in [-0.15, -0.1) is 0 Å². The van der Waals surface area contributed by atoms with Crippen molar-refractivity contribution in [1.82, 2.24) is 20.3 Å². The van der Waals surface area contributed by atoms with Crippen LogP contribution in [0.1, 0.15) is 26.8 Å². The van der Waals surface area contributed by atoms with Crippen LogP contribution in [0.4, 0.5) is 11.5 Å². The van der Waals surface area contributed by atoms with Crippen LogP contribution in [-0.4, -0.2) is 46.5 Å². The normalized spacial score (nSPS) is 13.8. The van der Waals surface area contributed by atoms with Gasteiger partial charge in [0, 0.05) is 25.4 Å². The van der Waals surface area contributed by atoms with Crippen molar-refractivity contribution in [1.29, 1.82) is 0 Å². The van der Waals surface area contributed by atoms with Crippen LogP contribution in [0.25, 0.3) is 11.5 Å². The molecular formula is C19H23N5O5. The average molecular weight is 401 g/mol. The third-order valence-electron chi connectivity index (χ3n) is 4.02. The van der Waals surface area contributed by atoms with E-state index in [1.165, 1.54) is 4.90 Å². The molecule has 1 aliphatic heterocycles. The molecule has 0 saturated carbocycles. The van der Waals surface area contributed by atoms with Gasteiger partial charge in [-0.25, -0.2) is 0 Å². The lowest BCUT2D eigenvalue weighted by Crippen LogP contribution is -2.43. The summed E-state index contributed by atoms with van der Waals surface area (Å²) >= 11 is 0. The van der Waals surface area contributed by atoms with Crippen molar-refractivity contribution in [2.45, 2.75) is 32.4 Å². The standard InChI is InChI=1S/C14H13N5O3.C5H10O2/c20-9-18(11-7-16-19(8-11)10-5-15-6-10)14-4-13(22-17-14)12-2-1-3-21-12;1-5(2,3)7-4-6/h1-4,7-10,15H,5-6H2;4H,1-3H3. The number of amides is 1. The summed E-state index contributed by atoms with van der Waals surface area (Å²) < 4.78 is 16.9. The van der Waals surface area contributed by atoms with Crippen LogP contribution < -0.4 is 10.2 Å². The molecule has 3 aromatic heterocycles. The lowest BCUT2D eigenvalue weighted by Gasteiger charge is -2.27. The predicted octanol–water partition coefficient (Wildman–Crippen LogP) is 2.53. The minimum Gasteiger partial charge on any atom is -0.462 e. The molecule has 0 radical (unpaired) electrons. The second kappa shape index (κ2) is 8.74. The van der Waals surface area contributed by atoms with Gasteiger partial charge in [0.15, 0.2) is 11.6 Å². The van der Waals surface area contributed by atoms with E-state index in [0.29, 0.717) is 41.9 Å². The van der Waals surface area contributed by atoms with Gasteiger partial charge in [0.2, 0.25) is 12.2 Å². The summed E-state index contributed by atoms with van der Waals surface area (Å²) in [7, 11) is 0. The van der Waals surface area contributed by atoms with Crippen LogP contribution >= 0.6 is 0 Å². The van der Waals surface area contributed by atoms with E-state index in [0.717, 1.165) is 13.1 Å². The Hall–Kier alpha value is -3.40. The number of ether oxygens (including phenoxy) is 1. The average Bonchev–Trinajstić information content (AvgIpc) is 3.35. The molecule has 0 spiro atoms. The molecule has 0 aliphatic carbocycles. The van der Waals surface area contributed by atoms with Crippen LogP contribution in [-0.2, 0) is 14.3 Å². The minimum atomic E-state index is -0.318. The second-order valence-corrected chi connectivity index (χ2v) is 7.32. The number of anilines is 2. The number of rotatable bonds is 6. The fourth-order valence-corrected chi connectivity index (χ4v) is 2.42. The van der Waals surface area contributed by atoms with Crippen LogP contribution in [0.3, 0.4) is 0 Å². The van der Waals surface area contributed by atoms with Gasteiger partial charge in [-0.05, 0) is 32.9 Å². The number of nitrogens with one attached hydrogen (secondary N) is 1. The molecule has 4 rings (SSSR count). The summed E-state index contributed by atoms with van der Waals surface area (Å²) in [5.74, 6) is 1.40. The molecule has 1 N–H and O–H groups in total. The number of hydrogen-bond acceptors (Lipinski definition) is 8. The predicted molar refractivity (Wildman–Crippen MR) is 103 cm³/mol. The van der Waals surface area contributed by atoms with Gasteiger partial charge < -0.3 is 19.0 Å². The molecule has 4 heterocycles. The first-order chi connectivity index (χ1) is 13.9. The van der Waals surface area contributed by atoms with E-state index in [1.54, 1.807) is 30.7 Å². The van der Waals surface area contributed by atoms with E-state index in [4.69, 9.17) is 8.94 Å². The Balaban J connectivity index is 0.000000298. The van der Waals surface area contributed by atoms with Crippen LogP contribution in [0.15, 0.2) is 45.8 Å². The van der Waals surface area contributed by atoms with Crippen molar-refractivity contribution in [3.05, 3.63) is 36.9 Å². The topological polar surface area (TPSA) is 116 Å². The van der Waals surface area contributed by atoms with Crippen LogP contribution in [0.2, 0.25) is 0 Å². The maximum Gasteiger partial charge on any atom is 0.293 e. The Morgan fingerprint density at radius 2 is 2.10 bits per heavy atom. The molecular weight excluding hydrogens is 378 g/mol. The first-order valence-corrected chi connectivity index (χ1v) is 9.03. The van der Waals surface area contributed by atoms with Gasteiger partial charge in [-0.1, -0.05) is 5.16 Å². The number of hydrogen-bond donors (Lipinski definition) is 1. The number of furan rings is 1. The number of carbonyl (C=O) groups excluding carboxylic acids is 2. The highest BCUT2D eigenvalue weighted by Gasteiger charge is 2.22. The summed E-state index contributed by atoms with van der Waals surface area (Å²) in [6, 6.07) is 5.50. The van der Waals surface area contributed by atoms with Crippen molar-refractivity contribution in [3.8, 4) is 11.5 Å². The van der Waals surface area contributed by atoms with Gasteiger partial charge in [0.05, 0.1) is 24.2 Å². The quantitative estimate of drug-likeness (QED) is 0.627. The molecule has 0 aromatic carbocycles. The Bertz CT molecular complexity index is 921. The summed E-state index contributed by atoms with van der Waals surface area (Å²) in [6.07, 6.45) is 5.69. The van der Waals surface area contributed by atoms with E-state index < -0.39 is 0 Å². The molecule has 10 heteroatoms. The highest BCUT2D eigenvalue weighted by molar-refractivity contribution is 5.84. The van der Waals surface area contributed by atoms with Crippen LogP contribution in [0, 0.1) is 0 Å². The van der Waals surface area contributed by atoms with E-state index in [1.807, 2.05) is 31.6 Å². The summed E-state index contributed by atoms with van der Waals surface area (Å²) in [6.45, 7) is 7.69. The molecule has 1 saturated heterocycles. The zero-order valence-corrected chi connectivity index (χ0v) is 16.4. The fourth-order valence-electron chi connectivity index (χ4n) is 2.42. The number of carbonyl (C=O) groups is 2. The Labute approximate surface area is 167 Å². The lowest BCUT2D eigenvalue weighted by atomic mass is 10.2. The van der Waals surface area contributed by atoms with Gasteiger partial charge in [-0.2, -0.15) is 5.10 Å². The van der Waals surface area contributed by atoms with E-state index >= 15 is 0 Å². The van der Waals surface area contributed by atoms with Crippen molar-refractivity contribution >= 4 is 24.4 Å². The smallest absolute Gasteiger partial charge is 0.293 e. The molecule has 0 unspecified atom stereocenters. The van der Waals surface area contributed by atoms with E-state index in [9.17, 15) is 9.59 Å². The SMILES string of the molecule is CC(C)(C)OC=O.O=CN(c1cnn(C2CNC2)c1)c1cc(-c2ccco2)on1. The fraction of sp³-hybridized carbons (Fsp3) is 0.368. The summed E-state index contributed by atoms with van der Waals surface area (Å²) in [5.41, 5.74) is 0.322. The molecule has 0 atom stereocenters. The Morgan fingerprint density at radius 3 is 2.62 bits per heavy atom. The van der Waals surface area contributed by atoms with Crippen molar-refractivity contribution < 1.29 is 23.3 Å². The molecule has 1 amide bonds. The van der Waals surface area contributed by atoms with Gasteiger partial charge in [0.25, 0.3) is 6.47 Å². The molecule has 1 fully saturated rings. The first-order valence-electron chi connectivity index (χ1n) is 9.03. The zero-order chi connectivity index (χ0) is 20.9. The third-order valence-corrected chi connectivity index (χ3v) is 4.02. The minimum absolute atomic E-state index is 0.318. The van der Waals surface area contributed by atoms with Crippen LogP contribution in [0.5, 0.6) is 0 Å². The highest BCUT2D eigenvalue weighted by Crippen LogP contribution is 2.28. The summed E-state index contributed by atoms with van der Waals surface area (Å²) in [5, 5.41) is 11.4. The first kappa shape index (κ1) is 20.3. The highest BCUT2D eigenvalue weighted by atomic mass is 16.5. The lowest BCUT2D eigenvalue weighted by molar-refractivity contribution is -0.138. The van der Waals surface area contributed by atoms with E-state index in [-0.39, 0.29) is 5.60 Å². The maximum absolute atomic E-state index is 11.4. The number of aromatic nitrogens is 3. The van der Waals surface area contributed by atoms with Crippen molar-refractivity contribution in [2.24, 2.45) is 0 Å². The molecule has 3 aromatic rings. The third kappa shape index (κ3) is 5.11. The summed E-state index contributed by atoms with van der Waals surface area (Å²) in [4.78, 5) is 22.4. The molecule has 29 heavy (non-hydrogen) atoms. The monoisotopic (exact) mass is 401 g/mol. The van der Waals surface area contributed by atoms with Gasteiger partial charge in [-0.3, -0.25) is 19.2 Å².